The number of aliphatic hydroxyl groups excluding tert-OH is 1. The third-order valence-electron chi connectivity index (χ3n) is 3.39. The highest BCUT2D eigenvalue weighted by atomic mass is 16.5. The quantitative estimate of drug-likeness (QED) is 0.761. The van der Waals surface area contributed by atoms with Gasteiger partial charge in [0.25, 0.3) is 0 Å². The number of likely N-dealkylation sites (N-methyl/N-ethyl adjacent to an activating group) is 1. The SMILES string of the molecule is CCN(CC(O)c1cccc(OC)c1)C(C)CC(=O)O. The van der Waals surface area contributed by atoms with Gasteiger partial charge in [-0.3, -0.25) is 9.69 Å². The fraction of sp³-hybridized carbons (Fsp3) is 0.533. The molecule has 0 bridgehead atoms. The van der Waals surface area contributed by atoms with Crippen molar-refractivity contribution in [3.63, 3.8) is 0 Å². The summed E-state index contributed by atoms with van der Waals surface area (Å²) < 4.78 is 5.13. The summed E-state index contributed by atoms with van der Waals surface area (Å²) in [7, 11) is 1.58. The Kier molecular flexibility index (Phi) is 6.48. The molecule has 1 aromatic carbocycles. The summed E-state index contributed by atoms with van der Waals surface area (Å²) >= 11 is 0. The molecule has 2 atom stereocenters. The van der Waals surface area contributed by atoms with Gasteiger partial charge in [-0.25, -0.2) is 0 Å². The van der Waals surface area contributed by atoms with Gasteiger partial charge in [-0.05, 0) is 31.2 Å². The maximum Gasteiger partial charge on any atom is 0.304 e. The van der Waals surface area contributed by atoms with Crippen molar-refractivity contribution in [2.24, 2.45) is 0 Å². The summed E-state index contributed by atoms with van der Waals surface area (Å²) in [5, 5.41) is 19.1. The minimum atomic E-state index is -0.827. The number of carbonyl (C=O) groups is 1. The number of benzene rings is 1. The molecule has 0 saturated heterocycles. The Balaban J connectivity index is 2.70. The van der Waals surface area contributed by atoms with E-state index in [0.717, 1.165) is 5.56 Å². The third-order valence-corrected chi connectivity index (χ3v) is 3.39. The molecule has 0 aromatic heterocycles. The molecular formula is C15H23NO4. The number of ether oxygens (including phenoxy) is 1. The van der Waals surface area contributed by atoms with E-state index in [1.807, 2.05) is 36.9 Å². The molecule has 1 rings (SSSR count). The molecule has 0 aliphatic carbocycles. The monoisotopic (exact) mass is 281 g/mol. The first-order valence-corrected chi connectivity index (χ1v) is 6.75. The molecule has 5 heteroatoms. The van der Waals surface area contributed by atoms with Crippen molar-refractivity contribution in [2.75, 3.05) is 20.2 Å². The van der Waals surface area contributed by atoms with Crippen LogP contribution in [0.2, 0.25) is 0 Å². The third kappa shape index (κ3) is 4.83. The number of carboxylic acids is 1. The minimum Gasteiger partial charge on any atom is -0.497 e. The van der Waals surface area contributed by atoms with Gasteiger partial charge in [0.1, 0.15) is 5.75 Å². The summed E-state index contributed by atoms with van der Waals surface area (Å²) in [6.07, 6.45) is -0.597. The van der Waals surface area contributed by atoms with E-state index in [4.69, 9.17) is 9.84 Å². The number of carboxylic acid groups (broad SMARTS) is 1. The van der Waals surface area contributed by atoms with Gasteiger partial charge in [0.2, 0.25) is 0 Å². The van der Waals surface area contributed by atoms with Crippen LogP contribution in [-0.4, -0.2) is 47.3 Å². The van der Waals surface area contributed by atoms with Crippen molar-refractivity contribution in [1.82, 2.24) is 4.90 Å². The van der Waals surface area contributed by atoms with Crippen LogP contribution in [0.25, 0.3) is 0 Å². The van der Waals surface area contributed by atoms with Gasteiger partial charge in [0, 0.05) is 12.6 Å². The van der Waals surface area contributed by atoms with Crippen molar-refractivity contribution >= 4 is 5.97 Å². The van der Waals surface area contributed by atoms with E-state index in [1.165, 1.54) is 0 Å². The number of hydrogen-bond acceptors (Lipinski definition) is 4. The van der Waals surface area contributed by atoms with Crippen LogP contribution in [-0.2, 0) is 4.79 Å². The van der Waals surface area contributed by atoms with E-state index in [1.54, 1.807) is 13.2 Å². The summed E-state index contributed by atoms with van der Waals surface area (Å²) in [6, 6.07) is 7.16. The molecule has 0 aliphatic rings. The van der Waals surface area contributed by atoms with Crippen LogP contribution < -0.4 is 4.74 Å². The average Bonchev–Trinajstić information content (AvgIpc) is 2.43. The average molecular weight is 281 g/mol. The van der Waals surface area contributed by atoms with Crippen LogP contribution in [0.1, 0.15) is 31.9 Å². The highest BCUT2D eigenvalue weighted by Gasteiger charge is 2.19. The zero-order chi connectivity index (χ0) is 15.1. The van der Waals surface area contributed by atoms with E-state index in [0.29, 0.717) is 18.8 Å². The standard InChI is InChI=1S/C15H23NO4/c1-4-16(11(2)8-15(18)19)10-14(17)12-6-5-7-13(9-12)20-3/h5-7,9,11,14,17H,4,8,10H2,1-3H3,(H,18,19). The molecular weight excluding hydrogens is 258 g/mol. The van der Waals surface area contributed by atoms with Gasteiger partial charge in [0.05, 0.1) is 19.6 Å². The maximum atomic E-state index is 10.8. The minimum absolute atomic E-state index is 0.0681. The summed E-state index contributed by atoms with van der Waals surface area (Å²) in [5.41, 5.74) is 0.769. The lowest BCUT2D eigenvalue weighted by molar-refractivity contribution is -0.138. The van der Waals surface area contributed by atoms with Crippen LogP contribution in [0.4, 0.5) is 0 Å². The Morgan fingerprint density at radius 2 is 2.15 bits per heavy atom. The van der Waals surface area contributed by atoms with Gasteiger partial charge < -0.3 is 14.9 Å². The molecule has 2 N–H and O–H groups in total. The number of aliphatic carboxylic acids is 1. The van der Waals surface area contributed by atoms with Crippen LogP contribution in [0.5, 0.6) is 5.75 Å². The Morgan fingerprint density at radius 3 is 2.70 bits per heavy atom. The first-order chi connectivity index (χ1) is 9.47. The fourth-order valence-corrected chi connectivity index (χ4v) is 2.18. The molecule has 1 aromatic rings. The van der Waals surface area contributed by atoms with E-state index in [9.17, 15) is 9.90 Å². The van der Waals surface area contributed by atoms with Gasteiger partial charge >= 0.3 is 5.97 Å². The second kappa shape index (κ2) is 7.87. The van der Waals surface area contributed by atoms with Gasteiger partial charge in [-0.2, -0.15) is 0 Å². The highest BCUT2D eigenvalue weighted by molar-refractivity contribution is 5.67. The summed E-state index contributed by atoms with van der Waals surface area (Å²) in [5.74, 6) is -0.130. The Bertz CT molecular complexity index is 436. The topological polar surface area (TPSA) is 70.0 Å². The normalized spacial score (nSPS) is 14.1. The van der Waals surface area contributed by atoms with Gasteiger partial charge in [-0.1, -0.05) is 19.1 Å². The molecule has 0 fully saturated rings. The van der Waals surface area contributed by atoms with Crippen molar-refractivity contribution in [2.45, 2.75) is 32.4 Å². The van der Waals surface area contributed by atoms with E-state index in [2.05, 4.69) is 0 Å². The summed E-state index contributed by atoms with van der Waals surface area (Å²) in [6.45, 7) is 4.90. The van der Waals surface area contributed by atoms with Crippen LogP contribution in [0, 0.1) is 0 Å². The van der Waals surface area contributed by atoms with Crippen molar-refractivity contribution in [3.05, 3.63) is 29.8 Å². The Labute approximate surface area is 119 Å². The maximum absolute atomic E-state index is 10.8. The molecule has 20 heavy (non-hydrogen) atoms. The lowest BCUT2D eigenvalue weighted by atomic mass is 10.1. The molecule has 0 amide bonds. The Hall–Kier alpha value is -1.59. The predicted molar refractivity (Wildman–Crippen MR) is 76.9 cm³/mol. The molecule has 0 saturated carbocycles. The second-order valence-corrected chi connectivity index (χ2v) is 4.83. The van der Waals surface area contributed by atoms with Crippen LogP contribution >= 0.6 is 0 Å². The molecule has 112 valence electrons. The lowest BCUT2D eigenvalue weighted by Gasteiger charge is -2.29. The van der Waals surface area contributed by atoms with E-state index in [-0.39, 0.29) is 12.5 Å². The molecule has 0 radical (unpaired) electrons. The fourth-order valence-electron chi connectivity index (χ4n) is 2.18. The first-order valence-electron chi connectivity index (χ1n) is 6.75. The second-order valence-electron chi connectivity index (χ2n) is 4.83. The predicted octanol–water partition coefficient (Wildman–Crippen LogP) is 1.91. The largest absolute Gasteiger partial charge is 0.497 e. The number of aliphatic hydroxyl groups is 1. The van der Waals surface area contributed by atoms with Crippen molar-refractivity contribution in [1.29, 1.82) is 0 Å². The molecule has 0 heterocycles. The van der Waals surface area contributed by atoms with E-state index >= 15 is 0 Å². The van der Waals surface area contributed by atoms with Crippen LogP contribution in [0.3, 0.4) is 0 Å². The first kappa shape index (κ1) is 16.5. The summed E-state index contributed by atoms with van der Waals surface area (Å²) in [4.78, 5) is 12.7. The molecule has 2 unspecified atom stereocenters. The number of methoxy groups -OCH3 is 1. The van der Waals surface area contributed by atoms with Gasteiger partial charge in [0.15, 0.2) is 0 Å². The number of nitrogens with zero attached hydrogens (tertiary/aromatic N) is 1. The highest BCUT2D eigenvalue weighted by Crippen LogP contribution is 2.21. The lowest BCUT2D eigenvalue weighted by Crippen LogP contribution is -2.37. The number of hydrogen-bond donors (Lipinski definition) is 2. The Morgan fingerprint density at radius 1 is 1.45 bits per heavy atom. The van der Waals surface area contributed by atoms with Gasteiger partial charge in [-0.15, -0.1) is 0 Å². The molecule has 5 nitrogen and oxygen atoms in total. The van der Waals surface area contributed by atoms with Crippen LogP contribution in [0.15, 0.2) is 24.3 Å². The number of rotatable bonds is 8. The zero-order valence-electron chi connectivity index (χ0n) is 12.2. The molecule has 0 spiro atoms. The molecule has 0 aliphatic heterocycles. The smallest absolute Gasteiger partial charge is 0.304 e. The van der Waals surface area contributed by atoms with E-state index < -0.39 is 12.1 Å². The van der Waals surface area contributed by atoms with Crippen molar-refractivity contribution < 1.29 is 19.7 Å². The zero-order valence-corrected chi connectivity index (χ0v) is 12.2. The van der Waals surface area contributed by atoms with Crippen molar-refractivity contribution in [3.8, 4) is 5.75 Å².